The lowest BCUT2D eigenvalue weighted by molar-refractivity contribution is 1.06. The van der Waals surface area contributed by atoms with Gasteiger partial charge in [0, 0.05) is 39.1 Å². The lowest BCUT2D eigenvalue weighted by Crippen LogP contribution is -2.02. The summed E-state index contributed by atoms with van der Waals surface area (Å²) >= 11 is 0. The lowest BCUT2D eigenvalue weighted by Gasteiger charge is -2.15. The van der Waals surface area contributed by atoms with E-state index in [0.717, 1.165) is 61.8 Å². The number of aromatic nitrogens is 5. The molecule has 0 saturated heterocycles. The third-order valence-electron chi connectivity index (χ3n) is 9.31. The maximum atomic E-state index is 5.41. The highest BCUT2D eigenvalue weighted by Gasteiger charge is 2.23. The molecule has 0 N–H and O–H groups in total. The van der Waals surface area contributed by atoms with E-state index in [1.165, 1.54) is 5.56 Å². The minimum Gasteiger partial charge on any atom is -0.292 e. The van der Waals surface area contributed by atoms with Gasteiger partial charge in [0.25, 0.3) is 0 Å². The van der Waals surface area contributed by atoms with E-state index < -0.39 is 0 Å². The first-order valence-electron chi connectivity index (χ1n) is 17.7. The molecule has 0 saturated carbocycles. The van der Waals surface area contributed by atoms with Crippen molar-refractivity contribution in [1.82, 2.24) is 24.5 Å². The second-order valence-electron chi connectivity index (χ2n) is 12.7. The van der Waals surface area contributed by atoms with Crippen LogP contribution in [0.25, 0.3) is 84.9 Å². The van der Waals surface area contributed by atoms with E-state index in [9.17, 15) is 0 Å². The zero-order chi connectivity index (χ0) is 35.4. The fourth-order valence-corrected chi connectivity index (χ4v) is 6.66. The third kappa shape index (κ3) is 6.44. The Bertz CT molecular complexity index is 2550. The van der Waals surface area contributed by atoms with Crippen molar-refractivity contribution < 1.29 is 0 Å². The van der Waals surface area contributed by atoms with Crippen LogP contribution in [0.4, 0.5) is 0 Å². The van der Waals surface area contributed by atoms with Gasteiger partial charge < -0.3 is 0 Å². The Morgan fingerprint density at radius 3 is 1.08 bits per heavy atom. The van der Waals surface area contributed by atoms with Crippen LogP contribution in [-0.2, 0) is 0 Å². The number of benzene rings is 7. The van der Waals surface area contributed by atoms with Crippen molar-refractivity contribution in [3.8, 4) is 84.9 Å². The smallest absolute Gasteiger partial charge is 0.164 e. The first-order chi connectivity index (χ1) is 26.3. The molecule has 0 unspecified atom stereocenters. The normalized spacial score (nSPS) is 11.0. The SMILES string of the molecule is c1ccc(-c2ccc(-c3nc(-c4ccccc4)c(-c4ccccc4)n3-c3ccc(-c4nc(-c5ccccc5)nc(-c5ccccc5)n4)cc3)cc2)cc1. The highest BCUT2D eigenvalue weighted by Crippen LogP contribution is 2.39. The molecule has 0 amide bonds. The van der Waals surface area contributed by atoms with Gasteiger partial charge in [-0.15, -0.1) is 0 Å². The number of rotatable bonds is 8. The standard InChI is InChI=1S/C48H33N5/c1-6-16-34(17-7-1)35-26-28-41(29-27-35)48-49-43(36-18-8-2-9-19-36)44(37-20-10-3-11-21-37)53(48)42-32-30-40(31-33-42)47-51-45(38-22-12-4-13-23-38)50-46(52-47)39-24-14-5-15-25-39/h1-33H. The van der Waals surface area contributed by atoms with Gasteiger partial charge in [0.05, 0.1) is 11.4 Å². The van der Waals surface area contributed by atoms with Crippen molar-refractivity contribution in [3.63, 3.8) is 0 Å². The molecule has 0 bridgehead atoms. The number of nitrogens with zero attached hydrogens (tertiary/aromatic N) is 5. The van der Waals surface area contributed by atoms with E-state index in [4.69, 9.17) is 19.9 Å². The molecule has 9 aromatic rings. The van der Waals surface area contributed by atoms with Crippen molar-refractivity contribution in [2.45, 2.75) is 0 Å². The number of imidazole rings is 1. The topological polar surface area (TPSA) is 56.5 Å². The minimum atomic E-state index is 0.611. The second kappa shape index (κ2) is 14.2. The van der Waals surface area contributed by atoms with Crippen LogP contribution in [0.5, 0.6) is 0 Å². The molecule has 0 aliphatic heterocycles. The molecule has 0 fully saturated rings. The molecule has 5 heteroatoms. The van der Waals surface area contributed by atoms with Gasteiger partial charge in [0.15, 0.2) is 17.5 Å². The lowest BCUT2D eigenvalue weighted by atomic mass is 10.0. The molecule has 5 nitrogen and oxygen atoms in total. The maximum absolute atomic E-state index is 5.41. The molecule has 2 heterocycles. The Morgan fingerprint density at radius 1 is 0.264 bits per heavy atom. The van der Waals surface area contributed by atoms with Gasteiger partial charge in [0.2, 0.25) is 0 Å². The summed E-state index contributed by atoms with van der Waals surface area (Å²) in [5, 5.41) is 0. The first-order valence-corrected chi connectivity index (χ1v) is 17.7. The quantitative estimate of drug-likeness (QED) is 0.160. The predicted octanol–water partition coefficient (Wildman–Crippen LogP) is 11.7. The molecule has 0 aliphatic rings. The van der Waals surface area contributed by atoms with E-state index in [1.54, 1.807) is 0 Å². The number of hydrogen-bond donors (Lipinski definition) is 0. The molecule has 0 atom stereocenters. The summed E-state index contributed by atoms with van der Waals surface area (Å²) in [5.41, 5.74) is 11.2. The van der Waals surface area contributed by atoms with Crippen LogP contribution < -0.4 is 0 Å². The van der Waals surface area contributed by atoms with Crippen molar-refractivity contribution in [3.05, 3.63) is 200 Å². The molecule has 0 spiro atoms. The summed E-state index contributed by atoms with van der Waals surface area (Å²) < 4.78 is 2.27. The summed E-state index contributed by atoms with van der Waals surface area (Å²) in [6.07, 6.45) is 0. The van der Waals surface area contributed by atoms with Crippen LogP contribution in [0.2, 0.25) is 0 Å². The Kier molecular flexibility index (Phi) is 8.48. The molecule has 2 aromatic heterocycles. The van der Waals surface area contributed by atoms with Gasteiger partial charge in [0.1, 0.15) is 5.82 Å². The Hall–Kier alpha value is -7.24. The molecule has 53 heavy (non-hydrogen) atoms. The summed E-state index contributed by atoms with van der Waals surface area (Å²) in [5.74, 6) is 2.73. The van der Waals surface area contributed by atoms with Crippen molar-refractivity contribution in [2.24, 2.45) is 0 Å². The van der Waals surface area contributed by atoms with Gasteiger partial charge in [-0.2, -0.15) is 0 Å². The van der Waals surface area contributed by atoms with Gasteiger partial charge >= 0.3 is 0 Å². The molecular formula is C48H33N5. The predicted molar refractivity (Wildman–Crippen MR) is 215 cm³/mol. The van der Waals surface area contributed by atoms with Crippen molar-refractivity contribution in [2.75, 3.05) is 0 Å². The Balaban J connectivity index is 1.21. The molecule has 0 aliphatic carbocycles. The van der Waals surface area contributed by atoms with E-state index in [2.05, 4.69) is 126 Å². The minimum absolute atomic E-state index is 0.611. The summed E-state index contributed by atoms with van der Waals surface area (Å²) in [7, 11) is 0. The summed E-state index contributed by atoms with van der Waals surface area (Å²) in [6, 6.07) is 68.6. The molecule has 250 valence electrons. The van der Waals surface area contributed by atoms with Crippen LogP contribution in [0.1, 0.15) is 0 Å². The monoisotopic (exact) mass is 679 g/mol. The largest absolute Gasteiger partial charge is 0.292 e. The second-order valence-corrected chi connectivity index (χ2v) is 12.7. The van der Waals surface area contributed by atoms with Crippen molar-refractivity contribution in [1.29, 1.82) is 0 Å². The molecule has 0 radical (unpaired) electrons. The summed E-state index contributed by atoms with van der Waals surface area (Å²) in [6.45, 7) is 0. The molecule has 9 rings (SSSR count). The van der Waals surface area contributed by atoms with Gasteiger partial charge in [-0.25, -0.2) is 19.9 Å². The van der Waals surface area contributed by atoms with Crippen LogP contribution in [0.3, 0.4) is 0 Å². The van der Waals surface area contributed by atoms with Crippen LogP contribution in [-0.4, -0.2) is 24.5 Å². The Labute approximate surface area is 308 Å². The Morgan fingerprint density at radius 2 is 0.604 bits per heavy atom. The van der Waals surface area contributed by atoms with Gasteiger partial charge in [-0.1, -0.05) is 176 Å². The van der Waals surface area contributed by atoms with Crippen molar-refractivity contribution >= 4 is 0 Å². The van der Waals surface area contributed by atoms with Crippen LogP contribution in [0.15, 0.2) is 200 Å². The zero-order valence-electron chi connectivity index (χ0n) is 28.8. The fourth-order valence-electron chi connectivity index (χ4n) is 6.66. The van der Waals surface area contributed by atoms with E-state index in [0.29, 0.717) is 17.5 Å². The highest BCUT2D eigenvalue weighted by atomic mass is 15.1. The molecular weight excluding hydrogens is 647 g/mol. The van der Waals surface area contributed by atoms with E-state index in [-0.39, 0.29) is 0 Å². The zero-order valence-corrected chi connectivity index (χ0v) is 28.8. The van der Waals surface area contributed by atoms with E-state index >= 15 is 0 Å². The first kappa shape index (κ1) is 31.7. The average molecular weight is 680 g/mol. The summed E-state index contributed by atoms with van der Waals surface area (Å²) in [4.78, 5) is 20.2. The van der Waals surface area contributed by atoms with Crippen LogP contribution >= 0.6 is 0 Å². The highest BCUT2D eigenvalue weighted by molar-refractivity contribution is 5.84. The van der Waals surface area contributed by atoms with E-state index in [1.807, 2.05) is 78.9 Å². The average Bonchev–Trinajstić information content (AvgIpc) is 3.66. The number of hydrogen-bond acceptors (Lipinski definition) is 4. The third-order valence-corrected chi connectivity index (χ3v) is 9.31. The van der Waals surface area contributed by atoms with Gasteiger partial charge in [-0.3, -0.25) is 4.57 Å². The molecule has 7 aromatic carbocycles. The van der Waals surface area contributed by atoms with Crippen LogP contribution in [0, 0.1) is 0 Å². The van der Waals surface area contributed by atoms with Gasteiger partial charge in [-0.05, 0) is 35.4 Å². The fraction of sp³-hybridized carbons (Fsp3) is 0. The maximum Gasteiger partial charge on any atom is 0.164 e.